The minimum atomic E-state index is -0.772. The second-order valence-corrected chi connectivity index (χ2v) is 23.8. The summed E-state index contributed by atoms with van der Waals surface area (Å²) in [6, 6.07) is 0. The maximum Gasteiger partial charge on any atom is 0.306 e. The van der Waals surface area contributed by atoms with Gasteiger partial charge in [0.2, 0.25) is 0 Å². The zero-order chi connectivity index (χ0) is 57.8. The maximum atomic E-state index is 12.9. The number of carbonyl (C=O) groups excluding carboxylic acids is 3. The summed E-state index contributed by atoms with van der Waals surface area (Å²) in [5.74, 6) is -0.854. The second kappa shape index (κ2) is 68.6. The van der Waals surface area contributed by atoms with Gasteiger partial charge in [-0.2, -0.15) is 0 Å². The lowest BCUT2D eigenvalue weighted by atomic mass is 10.0. The molecule has 1 atom stereocenters. The van der Waals surface area contributed by atoms with Gasteiger partial charge in [-0.05, 0) is 83.5 Å². The molecule has 0 aromatic carbocycles. The van der Waals surface area contributed by atoms with Crippen LogP contribution in [0, 0.1) is 0 Å². The van der Waals surface area contributed by atoms with Gasteiger partial charge in [-0.3, -0.25) is 14.4 Å². The van der Waals surface area contributed by atoms with E-state index in [0.29, 0.717) is 19.3 Å². The number of rotatable bonds is 65. The summed E-state index contributed by atoms with van der Waals surface area (Å²) in [4.78, 5) is 38.3. The Morgan fingerprint density at radius 3 is 0.800 bits per heavy atom. The van der Waals surface area contributed by atoms with Crippen LogP contribution in [-0.4, -0.2) is 37.2 Å². The lowest BCUT2D eigenvalue weighted by Crippen LogP contribution is -2.30. The van der Waals surface area contributed by atoms with Crippen LogP contribution in [0.5, 0.6) is 0 Å². The Morgan fingerprint density at radius 1 is 0.263 bits per heavy atom. The fraction of sp³-hybridized carbons (Fsp3) is 0.824. The molecule has 0 rings (SSSR count). The average molecular weight is 1120 g/mol. The van der Waals surface area contributed by atoms with E-state index in [-0.39, 0.29) is 31.1 Å². The first-order valence-electron chi connectivity index (χ1n) is 35.3. The van der Waals surface area contributed by atoms with Gasteiger partial charge in [0.05, 0.1) is 0 Å². The first-order valence-corrected chi connectivity index (χ1v) is 35.3. The van der Waals surface area contributed by atoms with E-state index in [1.54, 1.807) is 0 Å². The van der Waals surface area contributed by atoms with Gasteiger partial charge in [0.1, 0.15) is 13.2 Å². The number of esters is 3. The molecule has 0 fully saturated rings. The van der Waals surface area contributed by atoms with Gasteiger partial charge in [-0.1, -0.05) is 332 Å². The molecule has 0 aromatic heterocycles. The largest absolute Gasteiger partial charge is 0.462 e. The number of hydrogen-bond acceptors (Lipinski definition) is 6. The minimum Gasteiger partial charge on any atom is -0.462 e. The highest BCUT2D eigenvalue weighted by atomic mass is 16.6. The molecule has 80 heavy (non-hydrogen) atoms. The van der Waals surface area contributed by atoms with Crippen molar-refractivity contribution in [3.05, 3.63) is 60.8 Å². The molecule has 0 amide bonds. The lowest BCUT2D eigenvalue weighted by molar-refractivity contribution is -0.167. The molecule has 0 saturated carbocycles. The van der Waals surface area contributed by atoms with Gasteiger partial charge in [0, 0.05) is 19.3 Å². The van der Waals surface area contributed by atoms with Crippen molar-refractivity contribution in [1.82, 2.24) is 0 Å². The summed E-state index contributed by atoms with van der Waals surface area (Å²) in [5, 5.41) is 0. The summed E-state index contributed by atoms with van der Waals surface area (Å²) in [5.41, 5.74) is 0. The molecular formula is C74H134O6. The molecule has 0 bridgehead atoms. The van der Waals surface area contributed by atoms with Crippen LogP contribution in [0.2, 0.25) is 0 Å². The average Bonchev–Trinajstić information content (AvgIpc) is 3.46. The van der Waals surface area contributed by atoms with E-state index in [0.717, 1.165) is 89.9 Å². The molecular weight excluding hydrogens is 985 g/mol. The minimum absolute atomic E-state index is 0.0698. The Morgan fingerprint density at radius 2 is 0.487 bits per heavy atom. The first-order chi connectivity index (χ1) is 39.5. The third-order valence-electron chi connectivity index (χ3n) is 15.8. The normalized spacial score (nSPS) is 12.4. The van der Waals surface area contributed by atoms with E-state index >= 15 is 0 Å². The number of allylic oxidation sites excluding steroid dienone is 10. The zero-order valence-corrected chi connectivity index (χ0v) is 53.6. The SMILES string of the molecule is CC/C=C\C/C=C\C/C=C\C/C=C\CCCCCCCCCCCCCCCCCCCCCCCCC(=O)OCC(COC(=O)CCCCCCC/C=C\CCCCC)OC(=O)CCCCCCCCCCCCCCCCC. The van der Waals surface area contributed by atoms with Crippen LogP contribution in [0.4, 0.5) is 0 Å². The van der Waals surface area contributed by atoms with Crippen molar-refractivity contribution in [3.63, 3.8) is 0 Å². The monoisotopic (exact) mass is 1120 g/mol. The Bertz CT molecular complexity index is 1430. The Labute approximate surface area is 498 Å². The number of carbonyl (C=O) groups is 3. The summed E-state index contributed by atoms with van der Waals surface area (Å²) >= 11 is 0. The predicted octanol–water partition coefficient (Wildman–Crippen LogP) is 24.3. The molecule has 0 aliphatic rings. The van der Waals surface area contributed by atoms with Crippen LogP contribution in [-0.2, 0) is 28.6 Å². The van der Waals surface area contributed by atoms with Crippen molar-refractivity contribution >= 4 is 17.9 Å². The number of ether oxygens (including phenoxy) is 3. The molecule has 466 valence electrons. The van der Waals surface area contributed by atoms with Crippen LogP contribution >= 0.6 is 0 Å². The summed E-state index contributed by atoms with van der Waals surface area (Å²) in [7, 11) is 0. The smallest absolute Gasteiger partial charge is 0.306 e. The van der Waals surface area contributed by atoms with Gasteiger partial charge in [0.25, 0.3) is 0 Å². The van der Waals surface area contributed by atoms with E-state index in [4.69, 9.17) is 14.2 Å². The molecule has 1 unspecified atom stereocenters. The summed E-state index contributed by atoms with van der Waals surface area (Å²) in [6.07, 6.45) is 88.4. The van der Waals surface area contributed by atoms with Gasteiger partial charge in [-0.15, -0.1) is 0 Å². The fourth-order valence-corrected chi connectivity index (χ4v) is 10.5. The van der Waals surface area contributed by atoms with Crippen molar-refractivity contribution in [2.24, 2.45) is 0 Å². The fourth-order valence-electron chi connectivity index (χ4n) is 10.5. The standard InChI is InChI=1S/C74H134O6/c1-4-7-10-13-16-19-22-25-27-28-29-30-31-32-33-34-35-36-37-38-39-40-41-42-43-44-45-46-48-49-52-55-58-61-64-67-73(76)79-70-71(69-78-72(75)66-63-60-57-54-51-24-21-18-15-12-9-6-3)80-74(77)68-65-62-59-56-53-50-47-26-23-20-17-14-11-8-5-2/h7,10,16,18-19,21,25,27,29-30,71H,4-6,8-9,11-15,17,20,22-24,26,28,31-70H2,1-3H3/b10-7-,19-16-,21-18-,27-25-,30-29-. The second-order valence-electron chi connectivity index (χ2n) is 23.8. The first kappa shape index (κ1) is 77.1. The zero-order valence-electron chi connectivity index (χ0n) is 53.6. The molecule has 0 heterocycles. The summed E-state index contributed by atoms with van der Waals surface area (Å²) < 4.78 is 16.9. The highest BCUT2D eigenvalue weighted by Gasteiger charge is 2.19. The van der Waals surface area contributed by atoms with Crippen LogP contribution in [0.25, 0.3) is 0 Å². The van der Waals surface area contributed by atoms with Crippen molar-refractivity contribution in [1.29, 1.82) is 0 Å². The van der Waals surface area contributed by atoms with Crippen molar-refractivity contribution in [3.8, 4) is 0 Å². The highest BCUT2D eigenvalue weighted by molar-refractivity contribution is 5.71. The topological polar surface area (TPSA) is 78.9 Å². The van der Waals surface area contributed by atoms with Gasteiger partial charge in [0.15, 0.2) is 6.10 Å². The third kappa shape index (κ3) is 65.9. The quantitative estimate of drug-likeness (QED) is 0.0261. The van der Waals surface area contributed by atoms with E-state index in [2.05, 4.69) is 81.5 Å². The Kier molecular flexibility index (Phi) is 66.1. The molecule has 0 aliphatic heterocycles. The van der Waals surface area contributed by atoms with Crippen molar-refractivity contribution < 1.29 is 28.6 Å². The molecule has 0 spiro atoms. The van der Waals surface area contributed by atoms with Crippen LogP contribution in [0.3, 0.4) is 0 Å². The Balaban J connectivity index is 4.04. The van der Waals surface area contributed by atoms with Gasteiger partial charge >= 0.3 is 17.9 Å². The molecule has 0 N–H and O–H groups in total. The van der Waals surface area contributed by atoms with Gasteiger partial charge < -0.3 is 14.2 Å². The summed E-state index contributed by atoms with van der Waals surface area (Å²) in [6.45, 7) is 6.55. The lowest BCUT2D eigenvalue weighted by Gasteiger charge is -2.18. The van der Waals surface area contributed by atoms with E-state index in [9.17, 15) is 14.4 Å². The molecule has 0 radical (unpaired) electrons. The molecule has 0 aromatic rings. The number of unbranched alkanes of at least 4 members (excludes halogenated alkanes) is 44. The Hall–Kier alpha value is -2.89. The predicted molar refractivity (Wildman–Crippen MR) is 348 cm³/mol. The number of hydrogen-bond donors (Lipinski definition) is 0. The van der Waals surface area contributed by atoms with Crippen molar-refractivity contribution in [2.75, 3.05) is 13.2 Å². The molecule has 0 aliphatic carbocycles. The van der Waals surface area contributed by atoms with Crippen LogP contribution < -0.4 is 0 Å². The van der Waals surface area contributed by atoms with E-state index in [1.165, 1.54) is 244 Å². The van der Waals surface area contributed by atoms with E-state index in [1.807, 2.05) is 0 Å². The van der Waals surface area contributed by atoms with Gasteiger partial charge in [-0.25, -0.2) is 0 Å². The van der Waals surface area contributed by atoms with E-state index < -0.39 is 6.10 Å². The third-order valence-corrected chi connectivity index (χ3v) is 15.8. The van der Waals surface area contributed by atoms with Crippen LogP contribution in [0.1, 0.15) is 374 Å². The van der Waals surface area contributed by atoms with Crippen LogP contribution in [0.15, 0.2) is 60.8 Å². The molecule has 0 saturated heterocycles. The maximum absolute atomic E-state index is 12.9. The molecule has 6 nitrogen and oxygen atoms in total. The molecule has 6 heteroatoms. The highest BCUT2D eigenvalue weighted by Crippen LogP contribution is 2.18. The van der Waals surface area contributed by atoms with Crippen molar-refractivity contribution in [2.45, 2.75) is 380 Å².